The van der Waals surface area contributed by atoms with Crippen LogP contribution in [0.4, 0.5) is 9.59 Å². The smallest absolute Gasteiger partial charge is 0.407 e. The van der Waals surface area contributed by atoms with Crippen LogP contribution in [0.5, 0.6) is 0 Å². The summed E-state index contributed by atoms with van der Waals surface area (Å²) in [4.78, 5) is 21.2. The molecular formula is C15H34N4O4. The predicted octanol–water partition coefficient (Wildman–Crippen LogP) is 1.49. The monoisotopic (exact) mass is 334 g/mol. The molecule has 0 rings (SSSR count). The molecule has 0 aliphatic carbocycles. The zero-order chi connectivity index (χ0) is 18.7. The number of carbonyl (C=O) groups excluding carboxylic acids is 1. The fourth-order valence-corrected chi connectivity index (χ4v) is 1.52. The van der Waals surface area contributed by atoms with Crippen LogP contribution in [0.15, 0.2) is 0 Å². The molecule has 0 aliphatic rings. The van der Waals surface area contributed by atoms with Crippen LogP contribution < -0.4 is 22.1 Å². The van der Waals surface area contributed by atoms with Crippen molar-refractivity contribution < 1.29 is 19.4 Å². The van der Waals surface area contributed by atoms with E-state index in [4.69, 9.17) is 21.3 Å². The fraction of sp³-hybridized carbons (Fsp3) is 0.867. The van der Waals surface area contributed by atoms with Crippen LogP contribution in [0.2, 0.25) is 0 Å². The zero-order valence-corrected chi connectivity index (χ0v) is 15.2. The van der Waals surface area contributed by atoms with Crippen LogP contribution in [0.3, 0.4) is 0 Å². The van der Waals surface area contributed by atoms with Gasteiger partial charge in [-0.3, -0.25) is 0 Å². The first-order valence-corrected chi connectivity index (χ1v) is 7.70. The third-order valence-electron chi connectivity index (χ3n) is 2.61. The molecule has 0 fully saturated rings. The average Bonchev–Trinajstić information content (AvgIpc) is 2.33. The summed E-state index contributed by atoms with van der Waals surface area (Å²) in [6.07, 6.45) is -0.644. The Bertz CT molecular complexity index is 348. The minimum Gasteiger partial charge on any atom is -0.465 e. The molecule has 138 valence electrons. The lowest BCUT2D eigenvalue weighted by atomic mass is 9.85. The highest BCUT2D eigenvalue weighted by Crippen LogP contribution is 2.21. The Morgan fingerprint density at radius 2 is 1.61 bits per heavy atom. The van der Waals surface area contributed by atoms with Crippen molar-refractivity contribution in [2.45, 2.75) is 59.6 Å². The molecule has 2 amide bonds. The molecular weight excluding hydrogens is 300 g/mol. The maximum Gasteiger partial charge on any atom is 0.407 e. The maximum absolute atomic E-state index is 11.6. The standard InChI is InChI=1S/C12H26N2O2.C3H8N2O2/c1-11(2,3)9(7-8-13)14-10(15)16-12(4,5)6;4-1-2-5-3(6)7/h9H,7-8,13H2,1-6H3,(H,14,15);5H,1-2,4H2,(H,6,7). The molecule has 23 heavy (non-hydrogen) atoms. The molecule has 0 saturated carbocycles. The lowest BCUT2D eigenvalue weighted by Crippen LogP contribution is -2.46. The predicted molar refractivity (Wildman–Crippen MR) is 91.4 cm³/mol. The van der Waals surface area contributed by atoms with E-state index < -0.39 is 11.7 Å². The molecule has 0 heterocycles. The van der Waals surface area contributed by atoms with Crippen LogP contribution >= 0.6 is 0 Å². The highest BCUT2D eigenvalue weighted by molar-refractivity contribution is 5.68. The summed E-state index contributed by atoms with van der Waals surface area (Å²) in [5.41, 5.74) is 10.0. The van der Waals surface area contributed by atoms with Gasteiger partial charge < -0.3 is 31.9 Å². The SMILES string of the molecule is CC(C)(C)OC(=O)NC(CCN)C(C)(C)C.NCCNC(=O)O. The number of nitrogens with two attached hydrogens (primary N) is 2. The van der Waals surface area contributed by atoms with Gasteiger partial charge in [0, 0.05) is 19.1 Å². The summed E-state index contributed by atoms with van der Waals surface area (Å²) >= 11 is 0. The molecule has 8 nitrogen and oxygen atoms in total. The lowest BCUT2D eigenvalue weighted by Gasteiger charge is -2.32. The average molecular weight is 334 g/mol. The number of hydrogen-bond donors (Lipinski definition) is 5. The van der Waals surface area contributed by atoms with Gasteiger partial charge in [-0.2, -0.15) is 0 Å². The van der Waals surface area contributed by atoms with Crippen molar-refractivity contribution in [2.24, 2.45) is 16.9 Å². The summed E-state index contributed by atoms with van der Waals surface area (Å²) in [6, 6.07) is 0.0346. The van der Waals surface area contributed by atoms with Gasteiger partial charge in [-0.05, 0) is 39.2 Å². The summed E-state index contributed by atoms with van der Waals surface area (Å²) in [7, 11) is 0. The van der Waals surface area contributed by atoms with Crippen LogP contribution in [0, 0.1) is 5.41 Å². The van der Waals surface area contributed by atoms with Gasteiger partial charge in [0.05, 0.1) is 0 Å². The van der Waals surface area contributed by atoms with E-state index in [0.717, 1.165) is 6.42 Å². The summed E-state index contributed by atoms with van der Waals surface area (Å²) < 4.78 is 5.22. The van der Waals surface area contributed by atoms with Gasteiger partial charge >= 0.3 is 12.2 Å². The molecule has 0 aromatic carbocycles. The highest BCUT2D eigenvalue weighted by atomic mass is 16.6. The number of ether oxygens (including phenoxy) is 1. The van der Waals surface area contributed by atoms with E-state index in [1.165, 1.54) is 0 Å². The van der Waals surface area contributed by atoms with Gasteiger partial charge in [-0.15, -0.1) is 0 Å². The summed E-state index contributed by atoms with van der Waals surface area (Å²) in [5, 5.41) is 12.8. The van der Waals surface area contributed by atoms with E-state index in [1.54, 1.807) is 0 Å². The van der Waals surface area contributed by atoms with Crippen molar-refractivity contribution in [1.29, 1.82) is 0 Å². The molecule has 8 heteroatoms. The Morgan fingerprint density at radius 3 is 1.87 bits per heavy atom. The Labute approximate surface area is 139 Å². The van der Waals surface area contributed by atoms with E-state index in [9.17, 15) is 9.59 Å². The van der Waals surface area contributed by atoms with E-state index in [2.05, 4.69) is 31.4 Å². The second-order valence-corrected chi connectivity index (χ2v) is 7.16. The number of hydrogen-bond acceptors (Lipinski definition) is 5. The fourth-order valence-electron chi connectivity index (χ4n) is 1.52. The quantitative estimate of drug-likeness (QED) is 0.516. The third kappa shape index (κ3) is 16.7. The van der Waals surface area contributed by atoms with Gasteiger partial charge in [0.15, 0.2) is 0 Å². The van der Waals surface area contributed by atoms with E-state index in [0.29, 0.717) is 19.6 Å². The lowest BCUT2D eigenvalue weighted by molar-refractivity contribution is 0.0460. The molecule has 7 N–H and O–H groups in total. The summed E-state index contributed by atoms with van der Waals surface area (Å²) in [5.74, 6) is 0. The van der Waals surface area contributed by atoms with E-state index in [-0.39, 0.29) is 17.6 Å². The van der Waals surface area contributed by atoms with Crippen LogP contribution in [0.1, 0.15) is 48.0 Å². The normalized spacial score (nSPS) is 12.5. The second kappa shape index (κ2) is 11.1. The van der Waals surface area contributed by atoms with Crippen LogP contribution in [-0.4, -0.2) is 48.6 Å². The first kappa shape index (κ1) is 23.7. The number of rotatable bonds is 5. The van der Waals surface area contributed by atoms with Gasteiger partial charge in [0.2, 0.25) is 0 Å². The number of alkyl carbamates (subject to hydrolysis) is 1. The van der Waals surface area contributed by atoms with Gasteiger partial charge in [0.1, 0.15) is 5.60 Å². The highest BCUT2D eigenvalue weighted by Gasteiger charge is 2.27. The first-order chi connectivity index (χ1) is 10.3. The minimum atomic E-state index is -1.02. The van der Waals surface area contributed by atoms with Gasteiger partial charge in [0.25, 0.3) is 0 Å². The Kier molecular flexibility index (Phi) is 11.4. The molecule has 0 aromatic heterocycles. The summed E-state index contributed by atoms with van der Waals surface area (Å²) in [6.45, 7) is 13.0. The topological polar surface area (TPSA) is 140 Å². The Morgan fingerprint density at radius 1 is 1.09 bits per heavy atom. The van der Waals surface area contributed by atoms with Crippen molar-refractivity contribution in [3.63, 3.8) is 0 Å². The molecule has 0 bridgehead atoms. The Hall–Kier alpha value is -1.54. The molecule has 1 unspecified atom stereocenters. The number of carboxylic acid groups (broad SMARTS) is 1. The maximum atomic E-state index is 11.6. The van der Waals surface area contributed by atoms with Crippen molar-refractivity contribution >= 4 is 12.2 Å². The van der Waals surface area contributed by atoms with Crippen molar-refractivity contribution in [3.05, 3.63) is 0 Å². The number of amides is 2. The molecule has 0 aromatic rings. The zero-order valence-electron chi connectivity index (χ0n) is 15.2. The Balaban J connectivity index is 0. The first-order valence-electron chi connectivity index (χ1n) is 7.70. The van der Waals surface area contributed by atoms with E-state index in [1.807, 2.05) is 20.8 Å². The van der Waals surface area contributed by atoms with E-state index >= 15 is 0 Å². The molecule has 0 radical (unpaired) electrons. The second-order valence-electron chi connectivity index (χ2n) is 7.16. The van der Waals surface area contributed by atoms with Crippen molar-refractivity contribution in [1.82, 2.24) is 10.6 Å². The minimum absolute atomic E-state index is 0.0176. The van der Waals surface area contributed by atoms with Crippen molar-refractivity contribution in [3.8, 4) is 0 Å². The van der Waals surface area contributed by atoms with Gasteiger partial charge in [-0.1, -0.05) is 20.8 Å². The van der Waals surface area contributed by atoms with Crippen LogP contribution in [-0.2, 0) is 4.74 Å². The number of nitrogens with one attached hydrogen (secondary N) is 2. The molecule has 1 atom stereocenters. The van der Waals surface area contributed by atoms with Crippen molar-refractivity contribution in [2.75, 3.05) is 19.6 Å². The molecule has 0 spiro atoms. The number of carbonyl (C=O) groups is 2. The molecule has 0 saturated heterocycles. The third-order valence-corrected chi connectivity index (χ3v) is 2.61. The largest absolute Gasteiger partial charge is 0.465 e. The molecule has 0 aliphatic heterocycles. The van der Waals surface area contributed by atoms with Crippen LogP contribution in [0.25, 0.3) is 0 Å². The van der Waals surface area contributed by atoms with Gasteiger partial charge in [-0.25, -0.2) is 9.59 Å².